The molecule has 25 heavy (non-hydrogen) atoms. The van der Waals surface area contributed by atoms with Gasteiger partial charge in [0.05, 0.1) is 6.04 Å². The van der Waals surface area contributed by atoms with E-state index in [-0.39, 0.29) is 30.7 Å². The van der Waals surface area contributed by atoms with Crippen molar-refractivity contribution >= 4 is 30.7 Å². The Morgan fingerprint density at radius 2 is 1.84 bits per heavy atom. The van der Waals surface area contributed by atoms with Gasteiger partial charge in [0.25, 0.3) is 0 Å². The lowest BCUT2D eigenvalue weighted by Gasteiger charge is -2.30. The number of hydrogen-bond acceptors (Lipinski definition) is 3. The number of nitrogens with one attached hydrogen (secondary N) is 1. The second-order valence-electron chi connectivity index (χ2n) is 6.84. The molecule has 0 aromatic heterocycles. The van der Waals surface area contributed by atoms with Gasteiger partial charge in [0.2, 0.25) is 5.91 Å². The van der Waals surface area contributed by atoms with Crippen LogP contribution in [0.4, 0.5) is 0 Å². The normalized spacial score (nSPS) is 16.4. The Labute approximate surface area is 164 Å². The molecule has 1 amide bonds. The number of rotatable bonds is 7. The molecule has 0 bridgehead atoms. The number of nitrogens with two attached hydrogens (primary N) is 1. The van der Waals surface area contributed by atoms with Gasteiger partial charge in [0, 0.05) is 13.1 Å². The molecular weight excluding hydrogens is 357 g/mol. The van der Waals surface area contributed by atoms with Gasteiger partial charge in [-0.15, -0.1) is 24.8 Å². The zero-order valence-corrected chi connectivity index (χ0v) is 17.0. The molecule has 1 aromatic carbocycles. The molecule has 1 unspecified atom stereocenters. The summed E-state index contributed by atoms with van der Waals surface area (Å²) in [6.45, 7) is 8.26. The molecule has 1 atom stereocenters. The maximum atomic E-state index is 12.0. The zero-order chi connectivity index (χ0) is 16.7. The van der Waals surface area contributed by atoms with Crippen molar-refractivity contribution in [3.05, 3.63) is 35.4 Å². The molecule has 0 aliphatic carbocycles. The Morgan fingerprint density at radius 3 is 2.44 bits per heavy atom. The van der Waals surface area contributed by atoms with Gasteiger partial charge >= 0.3 is 0 Å². The van der Waals surface area contributed by atoms with E-state index < -0.39 is 6.04 Å². The van der Waals surface area contributed by atoms with E-state index in [2.05, 4.69) is 35.3 Å². The molecule has 3 N–H and O–H groups in total. The first kappa shape index (κ1) is 24.2. The zero-order valence-electron chi connectivity index (χ0n) is 15.4. The lowest BCUT2D eigenvalue weighted by atomic mass is 9.98. The second kappa shape index (κ2) is 12.5. The molecular formula is C19H33Cl2N3O. The Hall–Kier alpha value is -0.810. The Balaban J connectivity index is 0.00000288. The maximum absolute atomic E-state index is 12.0. The molecule has 0 spiro atoms. The predicted octanol–water partition coefficient (Wildman–Crippen LogP) is 3.51. The number of carbonyl (C=O) groups excluding carboxylic acids is 1. The first-order valence-electron chi connectivity index (χ1n) is 8.92. The summed E-state index contributed by atoms with van der Waals surface area (Å²) in [4.78, 5) is 14.5. The fourth-order valence-electron chi connectivity index (χ4n) is 3.10. The van der Waals surface area contributed by atoms with Crippen molar-refractivity contribution in [3.8, 4) is 0 Å². The SMILES string of the molecule is CCCC(N)C(=O)NCc1ccccc1CN1CCC(C)CC1.Cl.Cl. The fraction of sp³-hybridized carbons (Fsp3) is 0.632. The van der Waals surface area contributed by atoms with Crippen LogP contribution in [-0.2, 0) is 17.9 Å². The summed E-state index contributed by atoms with van der Waals surface area (Å²) in [5.74, 6) is 0.800. The molecule has 6 heteroatoms. The summed E-state index contributed by atoms with van der Waals surface area (Å²) < 4.78 is 0. The highest BCUT2D eigenvalue weighted by Crippen LogP contribution is 2.19. The predicted molar refractivity (Wildman–Crippen MR) is 109 cm³/mol. The highest BCUT2D eigenvalue weighted by molar-refractivity contribution is 5.85. The highest BCUT2D eigenvalue weighted by atomic mass is 35.5. The van der Waals surface area contributed by atoms with Gasteiger partial charge in [0.1, 0.15) is 0 Å². The topological polar surface area (TPSA) is 58.4 Å². The summed E-state index contributed by atoms with van der Waals surface area (Å²) in [7, 11) is 0. The molecule has 1 aromatic rings. The Bertz CT molecular complexity index is 505. The summed E-state index contributed by atoms with van der Waals surface area (Å²) in [5, 5.41) is 2.99. The highest BCUT2D eigenvalue weighted by Gasteiger charge is 2.17. The van der Waals surface area contributed by atoms with Crippen LogP contribution in [0.2, 0.25) is 0 Å². The number of likely N-dealkylation sites (tertiary alicyclic amines) is 1. The largest absolute Gasteiger partial charge is 0.351 e. The summed E-state index contributed by atoms with van der Waals surface area (Å²) in [6.07, 6.45) is 4.23. The van der Waals surface area contributed by atoms with Crippen molar-refractivity contribution in [1.29, 1.82) is 0 Å². The Kier molecular flexibility index (Phi) is 12.1. The third-order valence-electron chi connectivity index (χ3n) is 4.78. The number of carbonyl (C=O) groups is 1. The monoisotopic (exact) mass is 389 g/mol. The quantitative estimate of drug-likeness (QED) is 0.749. The number of nitrogens with zero attached hydrogens (tertiary/aromatic N) is 1. The van der Waals surface area contributed by atoms with Crippen molar-refractivity contribution in [2.24, 2.45) is 11.7 Å². The van der Waals surface area contributed by atoms with Gasteiger partial charge in [-0.05, 0) is 49.4 Å². The molecule has 1 fully saturated rings. The van der Waals surface area contributed by atoms with Crippen LogP contribution in [0.1, 0.15) is 50.7 Å². The van der Waals surface area contributed by atoms with Gasteiger partial charge < -0.3 is 11.1 Å². The van der Waals surface area contributed by atoms with E-state index >= 15 is 0 Å². The molecule has 4 nitrogen and oxygen atoms in total. The third kappa shape index (κ3) is 7.95. The van der Waals surface area contributed by atoms with Crippen LogP contribution in [0.15, 0.2) is 24.3 Å². The van der Waals surface area contributed by atoms with Gasteiger partial charge in [-0.2, -0.15) is 0 Å². The van der Waals surface area contributed by atoms with Crippen LogP contribution in [0.3, 0.4) is 0 Å². The van der Waals surface area contributed by atoms with Gasteiger partial charge in [-0.1, -0.05) is 44.5 Å². The number of benzene rings is 1. The molecule has 1 aliphatic rings. The van der Waals surface area contributed by atoms with Crippen LogP contribution in [-0.4, -0.2) is 29.9 Å². The smallest absolute Gasteiger partial charge is 0.237 e. The number of piperidine rings is 1. The first-order valence-corrected chi connectivity index (χ1v) is 8.92. The molecule has 1 saturated heterocycles. The van der Waals surface area contributed by atoms with Crippen LogP contribution in [0.25, 0.3) is 0 Å². The van der Waals surface area contributed by atoms with E-state index in [1.54, 1.807) is 0 Å². The van der Waals surface area contributed by atoms with Gasteiger partial charge in [0.15, 0.2) is 0 Å². The molecule has 1 aliphatic heterocycles. The van der Waals surface area contributed by atoms with E-state index in [1.165, 1.54) is 37.1 Å². The van der Waals surface area contributed by atoms with Crippen LogP contribution in [0.5, 0.6) is 0 Å². The molecule has 0 saturated carbocycles. The number of halogens is 2. The van der Waals surface area contributed by atoms with Gasteiger partial charge in [-0.3, -0.25) is 9.69 Å². The van der Waals surface area contributed by atoms with E-state index in [0.29, 0.717) is 6.54 Å². The average Bonchev–Trinajstić information content (AvgIpc) is 2.56. The molecule has 144 valence electrons. The molecule has 2 rings (SSSR count). The number of amides is 1. The van der Waals surface area contributed by atoms with Crippen LogP contribution < -0.4 is 11.1 Å². The fourth-order valence-corrected chi connectivity index (χ4v) is 3.10. The third-order valence-corrected chi connectivity index (χ3v) is 4.78. The maximum Gasteiger partial charge on any atom is 0.237 e. The standard InChI is InChI=1S/C19H31N3O.2ClH/c1-3-6-18(20)19(23)21-13-16-7-4-5-8-17(16)14-22-11-9-15(2)10-12-22;;/h4-5,7-8,15,18H,3,6,9-14,20H2,1-2H3,(H,21,23);2*1H. The van der Waals surface area contributed by atoms with E-state index in [1.807, 2.05) is 13.0 Å². The van der Waals surface area contributed by atoms with E-state index in [0.717, 1.165) is 25.3 Å². The van der Waals surface area contributed by atoms with Crippen LogP contribution >= 0.6 is 24.8 Å². The van der Waals surface area contributed by atoms with Crippen molar-refractivity contribution in [1.82, 2.24) is 10.2 Å². The minimum Gasteiger partial charge on any atom is -0.351 e. The van der Waals surface area contributed by atoms with Crippen LogP contribution in [0, 0.1) is 5.92 Å². The second-order valence-corrected chi connectivity index (χ2v) is 6.84. The summed E-state index contributed by atoms with van der Waals surface area (Å²) >= 11 is 0. The minimum absolute atomic E-state index is 0. The van der Waals surface area contributed by atoms with Gasteiger partial charge in [-0.25, -0.2) is 0 Å². The van der Waals surface area contributed by atoms with Crippen molar-refractivity contribution in [2.45, 2.75) is 58.7 Å². The van der Waals surface area contributed by atoms with Crippen molar-refractivity contribution < 1.29 is 4.79 Å². The van der Waals surface area contributed by atoms with E-state index in [9.17, 15) is 4.79 Å². The first-order chi connectivity index (χ1) is 11.1. The lowest BCUT2D eigenvalue weighted by Crippen LogP contribution is -2.40. The average molecular weight is 390 g/mol. The van der Waals surface area contributed by atoms with Crippen molar-refractivity contribution in [2.75, 3.05) is 13.1 Å². The molecule has 1 heterocycles. The minimum atomic E-state index is -0.393. The van der Waals surface area contributed by atoms with E-state index in [4.69, 9.17) is 5.73 Å². The van der Waals surface area contributed by atoms with Crippen molar-refractivity contribution in [3.63, 3.8) is 0 Å². The summed E-state index contributed by atoms with van der Waals surface area (Å²) in [5.41, 5.74) is 8.38. The Morgan fingerprint density at radius 1 is 1.24 bits per heavy atom. The molecule has 0 radical (unpaired) electrons. The lowest BCUT2D eigenvalue weighted by molar-refractivity contribution is -0.122. The number of hydrogen-bond donors (Lipinski definition) is 2. The summed E-state index contributed by atoms with van der Waals surface area (Å²) in [6, 6.07) is 8.00.